The molecule has 0 atom stereocenters. The Balaban J connectivity index is 1.71. The summed E-state index contributed by atoms with van der Waals surface area (Å²) in [4.78, 5) is 25.6. The van der Waals surface area contributed by atoms with Crippen LogP contribution in [0.3, 0.4) is 0 Å². The molecule has 0 saturated carbocycles. The summed E-state index contributed by atoms with van der Waals surface area (Å²) in [5.74, 6) is -0.532. The molecule has 0 bridgehead atoms. The van der Waals surface area contributed by atoms with Crippen LogP contribution in [0.4, 0.5) is 0 Å². The quantitative estimate of drug-likeness (QED) is 0.625. The molecule has 1 heterocycles. The Morgan fingerprint density at radius 1 is 1.18 bits per heavy atom. The van der Waals surface area contributed by atoms with E-state index in [0.717, 1.165) is 39.3 Å². The van der Waals surface area contributed by atoms with Gasteiger partial charge in [0, 0.05) is 25.2 Å². The van der Waals surface area contributed by atoms with Crippen molar-refractivity contribution in [2.75, 3.05) is 46.5 Å². The lowest BCUT2D eigenvalue weighted by Gasteiger charge is -2.26. The molecule has 1 N–H and O–H groups in total. The van der Waals surface area contributed by atoms with Crippen molar-refractivity contribution in [1.29, 1.82) is 0 Å². The molecule has 1 aliphatic heterocycles. The van der Waals surface area contributed by atoms with Gasteiger partial charge in [0.05, 0.1) is 25.9 Å². The standard InChI is InChI=1S/C16H22N2O4/c1-21-16(20)14-5-3-13(4-6-14)15(19)17-7-2-8-18-9-11-22-12-10-18/h3-6H,2,7-12H2,1H3,(H,17,19). The molecule has 0 radical (unpaired) electrons. The Morgan fingerprint density at radius 2 is 1.82 bits per heavy atom. The third kappa shape index (κ3) is 4.82. The first-order valence-corrected chi connectivity index (χ1v) is 7.47. The lowest BCUT2D eigenvalue weighted by Crippen LogP contribution is -2.38. The molecule has 6 heteroatoms. The third-order valence-corrected chi connectivity index (χ3v) is 3.61. The summed E-state index contributed by atoms with van der Waals surface area (Å²) in [6.07, 6.45) is 0.909. The van der Waals surface area contributed by atoms with Crippen molar-refractivity contribution in [2.45, 2.75) is 6.42 Å². The van der Waals surface area contributed by atoms with Gasteiger partial charge < -0.3 is 14.8 Å². The van der Waals surface area contributed by atoms with Gasteiger partial charge in [-0.15, -0.1) is 0 Å². The van der Waals surface area contributed by atoms with E-state index < -0.39 is 5.97 Å². The number of carbonyl (C=O) groups is 2. The Hall–Kier alpha value is -1.92. The van der Waals surface area contributed by atoms with Gasteiger partial charge in [0.25, 0.3) is 5.91 Å². The number of rotatable bonds is 6. The molecule has 1 saturated heterocycles. The van der Waals surface area contributed by atoms with Crippen LogP contribution in [0, 0.1) is 0 Å². The van der Waals surface area contributed by atoms with Gasteiger partial charge in [0.1, 0.15) is 0 Å². The molecule has 1 amide bonds. The van der Waals surface area contributed by atoms with Crippen LogP contribution in [0.1, 0.15) is 27.1 Å². The van der Waals surface area contributed by atoms with Crippen LogP contribution in [0.2, 0.25) is 0 Å². The summed E-state index contributed by atoms with van der Waals surface area (Å²) in [5.41, 5.74) is 0.977. The molecule has 1 aromatic rings. The van der Waals surface area contributed by atoms with Crippen LogP contribution in [-0.4, -0.2) is 63.3 Å². The third-order valence-electron chi connectivity index (χ3n) is 3.61. The first-order chi connectivity index (χ1) is 10.7. The highest BCUT2D eigenvalue weighted by Crippen LogP contribution is 2.06. The second kappa shape index (κ2) is 8.51. The fourth-order valence-electron chi connectivity index (χ4n) is 2.31. The molecule has 1 aromatic carbocycles. The molecule has 1 fully saturated rings. The normalized spacial score (nSPS) is 15.3. The second-order valence-electron chi connectivity index (χ2n) is 5.13. The molecule has 0 aliphatic carbocycles. The van der Waals surface area contributed by atoms with Crippen molar-refractivity contribution in [1.82, 2.24) is 10.2 Å². The maximum absolute atomic E-state index is 12.0. The largest absolute Gasteiger partial charge is 0.465 e. The molecular weight excluding hydrogens is 284 g/mol. The van der Waals surface area contributed by atoms with Gasteiger partial charge in [-0.25, -0.2) is 4.79 Å². The van der Waals surface area contributed by atoms with Gasteiger partial charge >= 0.3 is 5.97 Å². The number of morpholine rings is 1. The number of carbonyl (C=O) groups excluding carboxylic acids is 2. The lowest BCUT2D eigenvalue weighted by molar-refractivity contribution is 0.0374. The van der Waals surface area contributed by atoms with Crippen LogP contribution in [0.15, 0.2) is 24.3 Å². The molecule has 120 valence electrons. The molecule has 0 unspecified atom stereocenters. The fraction of sp³-hybridized carbons (Fsp3) is 0.500. The summed E-state index contributed by atoms with van der Waals surface area (Å²) in [6.45, 7) is 5.10. The van der Waals surface area contributed by atoms with Crippen LogP contribution < -0.4 is 5.32 Å². The number of hydrogen-bond donors (Lipinski definition) is 1. The lowest BCUT2D eigenvalue weighted by atomic mass is 10.1. The van der Waals surface area contributed by atoms with Gasteiger partial charge in [-0.3, -0.25) is 9.69 Å². The summed E-state index contributed by atoms with van der Waals surface area (Å²) < 4.78 is 9.91. The maximum atomic E-state index is 12.0. The van der Waals surface area contributed by atoms with Crippen molar-refractivity contribution >= 4 is 11.9 Å². The number of ether oxygens (including phenoxy) is 2. The second-order valence-corrected chi connectivity index (χ2v) is 5.13. The summed E-state index contributed by atoms with van der Waals surface area (Å²) in [5, 5.41) is 2.89. The zero-order valence-corrected chi connectivity index (χ0v) is 12.8. The Labute approximate surface area is 130 Å². The summed E-state index contributed by atoms with van der Waals surface area (Å²) >= 11 is 0. The van der Waals surface area contributed by atoms with Gasteiger partial charge in [-0.05, 0) is 37.2 Å². The van der Waals surface area contributed by atoms with E-state index in [2.05, 4.69) is 15.0 Å². The predicted octanol–water partition coefficient (Wildman–Crippen LogP) is 0.925. The van der Waals surface area contributed by atoms with Crippen LogP contribution in [0.5, 0.6) is 0 Å². The van der Waals surface area contributed by atoms with E-state index >= 15 is 0 Å². The fourth-order valence-corrected chi connectivity index (χ4v) is 2.31. The number of nitrogens with one attached hydrogen (secondary N) is 1. The van der Waals surface area contributed by atoms with E-state index in [-0.39, 0.29) is 5.91 Å². The number of esters is 1. The molecule has 0 aromatic heterocycles. The Bertz CT molecular complexity index is 495. The molecule has 0 spiro atoms. The van der Waals surface area contributed by atoms with E-state index in [4.69, 9.17) is 4.74 Å². The highest BCUT2D eigenvalue weighted by atomic mass is 16.5. The zero-order chi connectivity index (χ0) is 15.8. The number of nitrogens with zero attached hydrogens (tertiary/aromatic N) is 1. The topological polar surface area (TPSA) is 67.9 Å². The number of methoxy groups -OCH3 is 1. The van der Waals surface area contributed by atoms with Gasteiger partial charge in [-0.1, -0.05) is 0 Å². The van der Waals surface area contributed by atoms with Crippen molar-refractivity contribution in [3.63, 3.8) is 0 Å². The maximum Gasteiger partial charge on any atom is 0.337 e. The van der Waals surface area contributed by atoms with E-state index in [1.807, 2.05) is 0 Å². The van der Waals surface area contributed by atoms with Crippen molar-refractivity contribution in [2.24, 2.45) is 0 Å². The van der Waals surface area contributed by atoms with Gasteiger partial charge in [0.2, 0.25) is 0 Å². The number of benzene rings is 1. The highest BCUT2D eigenvalue weighted by Gasteiger charge is 2.11. The zero-order valence-electron chi connectivity index (χ0n) is 12.8. The predicted molar refractivity (Wildman–Crippen MR) is 82.0 cm³/mol. The number of hydrogen-bond acceptors (Lipinski definition) is 5. The highest BCUT2D eigenvalue weighted by molar-refractivity contribution is 5.96. The minimum Gasteiger partial charge on any atom is -0.465 e. The first-order valence-electron chi connectivity index (χ1n) is 7.47. The van der Waals surface area contributed by atoms with Crippen molar-refractivity contribution in [3.05, 3.63) is 35.4 Å². The van der Waals surface area contributed by atoms with Gasteiger partial charge in [-0.2, -0.15) is 0 Å². The van der Waals surface area contributed by atoms with E-state index in [0.29, 0.717) is 17.7 Å². The van der Waals surface area contributed by atoms with Crippen molar-refractivity contribution in [3.8, 4) is 0 Å². The van der Waals surface area contributed by atoms with Crippen LogP contribution in [-0.2, 0) is 9.47 Å². The van der Waals surface area contributed by atoms with Crippen LogP contribution in [0.25, 0.3) is 0 Å². The number of amides is 1. The summed E-state index contributed by atoms with van der Waals surface area (Å²) in [6, 6.07) is 6.44. The van der Waals surface area contributed by atoms with Crippen LogP contribution >= 0.6 is 0 Å². The first kappa shape index (κ1) is 16.5. The van der Waals surface area contributed by atoms with Gasteiger partial charge in [0.15, 0.2) is 0 Å². The monoisotopic (exact) mass is 306 g/mol. The molecule has 6 nitrogen and oxygen atoms in total. The van der Waals surface area contributed by atoms with E-state index in [1.54, 1.807) is 24.3 Å². The van der Waals surface area contributed by atoms with Crippen molar-refractivity contribution < 1.29 is 19.1 Å². The molecule has 22 heavy (non-hydrogen) atoms. The summed E-state index contributed by atoms with van der Waals surface area (Å²) in [7, 11) is 1.33. The Morgan fingerprint density at radius 3 is 2.45 bits per heavy atom. The minimum atomic E-state index is -0.405. The minimum absolute atomic E-state index is 0.126. The van der Waals surface area contributed by atoms with E-state index in [1.165, 1.54) is 7.11 Å². The molecular formula is C16H22N2O4. The molecule has 2 rings (SSSR count). The SMILES string of the molecule is COC(=O)c1ccc(C(=O)NCCCN2CCOCC2)cc1. The van der Waals surface area contributed by atoms with E-state index in [9.17, 15) is 9.59 Å². The Kier molecular flexibility index (Phi) is 6.36. The molecule has 1 aliphatic rings. The average Bonchev–Trinajstić information content (AvgIpc) is 2.59. The average molecular weight is 306 g/mol. The smallest absolute Gasteiger partial charge is 0.337 e.